The highest BCUT2D eigenvalue weighted by Crippen LogP contribution is 2.32. The van der Waals surface area contributed by atoms with Gasteiger partial charge >= 0.3 is 0 Å². The number of hydrogen-bond donors (Lipinski definition) is 1. The third-order valence-corrected chi connectivity index (χ3v) is 6.43. The Morgan fingerprint density at radius 3 is 2.62 bits per heavy atom. The van der Waals surface area contributed by atoms with Gasteiger partial charge in [-0.1, -0.05) is 30.0 Å². The number of nitrogens with zero attached hydrogens (tertiary/aromatic N) is 2. The van der Waals surface area contributed by atoms with Gasteiger partial charge in [0.25, 0.3) is 5.22 Å². The molecular formula is C24H27N3O4S. The van der Waals surface area contributed by atoms with Crippen molar-refractivity contribution < 1.29 is 18.7 Å². The van der Waals surface area contributed by atoms with Gasteiger partial charge in [-0.15, -0.1) is 10.2 Å². The molecule has 8 heteroatoms. The van der Waals surface area contributed by atoms with Gasteiger partial charge in [-0.3, -0.25) is 4.79 Å². The average molecular weight is 454 g/mol. The van der Waals surface area contributed by atoms with Crippen molar-refractivity contribution in [2.45, 2.75) is 43.9 Å². The molecule has 0 bridgehead atoms. The summed E-state index contributed by atoms with van der Waals surface area (Å²) in [5.41, 5.74) is 4.71. The number of ether oxygens (including phenoxy) is 2. The van der Waals surface area contributed by atoms with Gasteiger partial charge in [-0.25, -0.2) is 0 Å². The zero-order chi connectivity index (χ0) is 22.5. The van der Waals surface area contributed by atoms with Gasteiger partial charge in [-0.05, 0) is 67.5 Å². The van der Waals surface area contributed by atoms with Crippen molar-refractivity contribution in [3.8, 4) is 23.0 Å². The predicted molar refractivity (Wildman–Crippen MR) is 123 cm³/mol. The Balaban J connectivity index is 1.33. The third kappa shape index (κ3) is 5.07. The van der Waals surface area contributed by atoms with Crippen molar-refractivity contribution in [2.75, 3.05) is 20.0 Å². The number of benzene rings is 2. The van der Waals surface area contributed by atoms with Gasteiger partial charge in [-0.2, -0.15) is 0 Å². The number of carbonyl (C=O) groups excluding carboxylic acids is 1. The molecule has 0 radical (unpaired) electrons. The number of rotatable bonds is 8. The molecule has 0 fully saturated rings. The number of carbonyl (C=O) groups is 1. The fourth-order valence-electron chi connectivity index (χ4n) is 3.87. The predicted octanol–water partition coefficient (Wildman–Crippen LogP) is 4.60. The molecule has 1 unspecified atom stereocenters. The van der Waals surface area contributed by atoms with E-state index in [1.165, 1.54) is 35.7 Å². The standard InChI is InChI=1S/C24H27N3O4S/c1-15(17-9-8-16-6-4-5-7-18(16)12-17)25-22(28)14-32-24-27-26-23(31-24)19-10-11-20(29-2)21(13-19)30-3/h8-13,15H,4-7,14H2,1-3H3,(H,25,28). The lowest BCUT2D eigenvalue weighted by atomic mass is 9.89. The van der Waals surface area contributed by atoms with E-state index in [0.29, 0.717) is 28.2 Å². The highest BCUT2D eigenvalue weighted by Gasteiger charge is 2.16. The summed E-state index contributed by atoms with van der Waals surface area (Å²) < 4.78 is 16.3. The minimum atomic E-state index is -0.0777. The number of aromatic nitrogens is 2. The Morgan fingerprint density at radius 1 is 1.06 bits per heavy atom. The smallest absolute Gasteiger partial charge is 0.277 e. The van der Waals surface area contributed by atoms with Crippen molar-refractivity contribution in [1.82, 2.24) is 15.5 Å². The molecule has 1 aromatic heterocycles. The summed E-state index contributed by atoms with van der Waals surface area (Å²) in [6.45, 7) is 2.01. The van der Waals surface area contributed by atoms with Crippen molar-refractivity contribution in [1.29, 1.82) is 0 Å². The first kappa shape index (κ1) is 22.2. The molecule has 3 aromatic rings. The zero-order valence-electron chi connectivity index (χ0n) is 18.5. The van der Waals surface area contributed by atoms with Gasteiger partial charge in [0.15, 0.2) is 11.5 Å². The van der Waals surface area contributed by atoms with Crippen LogP contribution in [0.2, 0.25) is 0 Å². The lowest BCUT2D eigenvalue weighted by Crippen LogP contribution is -2.28. The Kier molecular flexibility index (Phi) is 6.99. The summed E-state index contributed by atoms with van der Waals surface area (Å²) in [7, 11) is 3.15. The summed E-state index contributed by atoms with van der Waals surface area (Å²) in [6, 6.07) is 11.9. The molecule has 32 heavy (non-hydrogen) atoms. The summed E-state index contributed by atoms with van der Waals surface area (Å²) in [5.74, 6) is 1.67. The first-order chi connectivity index (χ1) is 15.6. The van der Waals surface area contributed by atoms with Crippen LogP contribution >= 0.6 is 11.8 Å². The second kappa shape index (κ2) is 10.1. The van der Waals surface area contributed by atoms with E-state index in [1.807, 2.05) is 13.0 Å². The van der Waals surface area contributed by atoms with Crippen LogP contribution in [-0.2, 0) is 17.6 Å². The number of thioether (sulfide) groups is 1. The third-order valence-electron chi connectivity index (χ3n) is 5.61. The monoisotopic (exact) mass is 453 g/mol. The zero-order valence-corrected chi connectivity index (χ0v) is 19.3. The Bertz CT molecular complexity index is 1100. The molecule has 1 aliphatic carbocycles. The maximum absolute atomic E-state index is 12.5. The quantitative estimate of drug-likeness (QED) is 0.499. The maximum Gasteiger partial charge on any atom is 0.277 e. The summed E-state index contributed by atoms with van der Waals surface area (Å²) in [6.07, 6.45) is 4.78. The lowest BCUT2D eigenvalue weighted by molar-refractivity contribution is -0.119. The van der Waals surface area contributed by atoms with E-state index in [-0.39, 0.29) is 17.7 Å². The molecule has 1 heterocycles. The van der Waals surface area contributed by atoms with Gasteiger partial charge in [0, 0.05) is 5.56 Å². The summed E-state index contributed by atoms with van der Waals surface area (Å²) >= 11 is 1.21. The highest BCUT2D eigenvalue weighted by molar-refractivity contribution is 7.99. The number of amides is 1. The van der Waals surface area contributed by atoms with Crippen LogP contribution in [0.1, 0.15) is 42.5 Å². The first-order valence-corrected chi connectivity index (χ1v) is 11.7. The number of nitrogens with one attached hydrogen (secondary N) is 1. The van der Waals surface area contributed by atoms with Crippen LogP contribution in [-0.4, -0.2) is 36.1 Å². The van der Waals surface area contributed by atoms with Crippen LogP contribution < -0.4 is 14.8 Å². The van der Waals surface area contributed by atoms with Crippen LogP contribution in [0.5, 0.6) is 11.5 Å². The van der Waals surface area contributed by atoms with E-state index in [1.54, 1.807) is 26.4 Å². The molecule has 0 saturated heterocycles. The lowest BCUT2D eigenvalue weighted by Gasteiger charge is -2.20. The van der Waals surface area contributed by atoms with Crippen LogP contribution in [0.15, 0.2) is 46.0 Å². The van der Waals surface area contributed by atoms with Crippen molar-refractivity contribution in [3.63, 3.8) is 0 Å². The summed E-state index contributed by atoms with van der Waals surface area (Å²) in [4.78, 5) is 12.5. The topological polar surface area (TPSA) is 86.5 Å². The molecule has 168 valence electrons. The van der Waals surface area contributed by atoms with E-state index in [9.17, 15) is 4.79 Å². The minimum absolute atomic E-state index is 0.0552. The normalized spacial score (nSPS) is 13.8. The molecular weight excluding hydrogens is 426 g/mol. The van der Waals surface area contributed by atoms with Gasteiger partial charge in [0.05, 0.1) is 26.0 Å². The molecule has 7 nitrogen and oxygen atoms in total. The SMILES string of the molecule is COc1ccc(-c2nnc(SCC(=O)NC(C)c3ccc4c(c3)CCCC4)o2)cc1OC. The molecule has 2 aromatic carbocycles. The molecule has 1 N–H and O–H groups in total. The second-order valence-corrected chi connectivity index (χ2v) is 8.68. The number of methoxy groups -OCH3 is 2. The Morgan fingerprint density at radius 2 is 1.84 bits per heavy atom. The average Bonchev–Trinajstić information content (AvgIpc) is 3.31. The van der Waals surface area contributed by atoms with Gasteiger partial charge in [0.1, 0.15) is 0 Å². The number of aryl methyl sites for hydroxylation is 2. The van der Waals surface area contributed by atoms with E-state index >= 15 is 0 Å². The molecule has 1 aliphatic rings. The molecule has 0 aliphatic heterocycles. The molecule has 4 rings (SSSR count). The number of hydrogen-bond acceptors (Lipinski definition) is 7. The first-order valence-electron chi connectivity index (χ1n) is 10.7. The van der Waals surface area contributed by atoms with E-state index in [2.05, 4.69) is 33.7 Å². The van der Waals surface area contributed by atoms with Crippen molar-refractivity contribution >= 4 is 17.7 Å². The Labute approximate surface area is 191 Å². The largest absolute Gasteiger partial charge is 0.493 e. The van der Waals surface area contributed by atoms with Crippen LogP contribution in [0, 0.1) is 0 Å². The fraction of sp³-hybridized carbons (Fsp3) is 0.375. The fourth-order valence-corrected chi connectivity index (χ4v) is 4.44. The molecule has 0 spiro atoms. The Hall–Kier alpha value is -3.00. The molecule has 0 saturated carbocycles. The van der Waals surface area contributed by atoms with Crippen molar-refractivity contribution in [2.24, 2.45) is 0 Å². The molecule has 1 amide bonds. The van der Waals surface area contributed by atoms with E-state index in [4.69, 9.17) is 13.9 Å². The second-order valence-electron chi connectivity index (χ2n) is 7.76. The van der Waals surface area contributed by atoms with Crippen LogP contribution in [0.25, 0.3) is 11.5 Å². The minimum Gasteiger partial charge on any atom is -0.493 e. The number of fused-ring (bicyclic) bond motifs is 1. The van der Waals surface area contributed by atoms with Gasteiger partial charge in [0.2, 0.25) is 11.8 Å². The van der Waals surface area contributed by atoms with Crippen LogP contribution in [0.4, 0.5) is 0 Å². The van der Waals surface area contributed by atoms with E-state index < -0.39 is 0 Å². The molecule has 1 atom stereocenters. The van der Waals surface area contributed by atoms with E-state index in [0.717, 1.165) is 18.4 Å². The van der Waals surface area contributed by atoms with Crippen molar-refractivity contribution in [3.05, 3.63) is 53.1 Å². The summed E-state index contributed by atoms with van der Waals surface area (Å²) in [5, 5.41) is 11.5. The van der Waals surface area contributed by atoms with Crippen LogP contribution in [0.3, 0.4) is 0 Å². The highest BCUT2D eigenvalue weighted by atomic mass is 32.2. The maximum atomic E-state index is 12.5. The van der Waals surface area contributed by atoms with Gasteiger partial charge < -0.3 is 19.2 Å².